The molecule has 0 bridgehead atoms. The smallest absolute Gasteiger partial charge is 0.176 e. The van der Waals surface area contributed by atoms with E-state index in [0.29, 0.717) is 22.7 Å². The van der Waals surface area contributed by atoms with Gasteiger partial charge >= 0.3 is 0 Å². The summed E-state index contributed by atoms with van der Waals surface area (Å²) in [4.78, 5) is 5.26. The molecule has 1 aliphatic carbocycles. The van der Waals surface area contributed by atoms with Crippen molar-refractivity contribution in [1.29, 1.82) is 0 Å². The minimum absolute atomic E-state index is 0.0273. The van der Waals surface area contributed by atoms with Crippen LogP contribution in [0.4, 0.5) is 0 Å². The maximum Gasteiger partial charge on any atom is 0.176 e. The van der Waals surface area contributed by atoms with Crippen LogP contribution in [-0.4, -0.2) is 54.2 Å². The van der Waals surface area contributed by atoms with Crippen LogP contribution in [0.5, 0.6) is 11.5 Å². The zero-order valence-electron chi connectivity index (χ0n) is 15.7. The summed E-state index contributed by atoms with van der Waals surface area (Å²) in [6.45, 7) is 10.2. The van der Waals surface area contributed by atoms with E-state index in [0.717, 1.165) is 31.1 Å². The standard InChI is InChI=1S/C20H31ClN2O2/c1-14(2)18-13-22(7-4-8-23(18)12-15-5-6-15)11-16-9-17(21)20(24)19(10-16)25-3/h9-10,14-15,18,24H,4-8,11-13H2,1-3H3/t18-/m0/s1. The molecule has 25 heavy (non-hydrogen) atoms. The molecule has 1 N–H and O–H groups in total. The van der Waals surface area contributed by atoms with Gasteiger partial charge in [0.25, 0.3) is 0 Å². The fourth-order valence-corrected chi connectivity index (χ4v) is 4.13. The molecule has 0 unspecified atom stereocenters. The third-order valence-corrected chi connectivity index (χ3v) is 5.80. The average Bonchev–Trinajstić information content (AvgIpc) is 3.39. The predicted octanol–water partition coefficient (Wildman–Crippen LogP) is 4.00. The van der Waals surface area contributed by atoms with Gasteiger partial charge < -0.3 is 9.84 Å². The van der Waals surface area contributed by atoms with Crippen molar-refractivity contribution in [3.63, 3.8) is 0 Å². The van der Waals surface area contributed by atoms with Crippen LogP contribution in [0.2, 0.25) is 5.02 Å². The SMILES string of the molecule is COc1cc(CN2CCCN(CC3CC3)[C@H](C(C)C)C2)cc(Cl)c1O. The van der Waals surface area contributed by atoms with E-state index in [1.165, 1.54) is 32.4 Å². The second kappa shape index (κ2) is 8.15. The highest BCUT2D eigenvalue weighted by Gasteiger charge is 2.32. The quantitative estimate of drug-likeness (QED) is 0.825. The van der Waals surface area contributed by atoms with Crippen molar-refractivity contribution in [2.75, 3.05) is 33.3 Å². The van der Waals surface area contributed by atoms with Gasteiger partial charge in [0.15, 0.2) is 11.5 Å². The highest BCUT2D eigenvalue weighted by atomic mass is 35.5. The summed E-state index contributed by atoms with van der Waals surface area (Å²) in [5, 5.41) is 10.3. The zero-order chi connectivity index (χ0) is 18.0. The highest BCUT2D eigenvalue weighted by Crippen LogP contribution is 2.36. The number of rotatable bonds is 6. The summed E-state index contributed by atoms with van der Waals surface area (Å²) in [6.07, 6.45) is 4.03. The summed E-state index contributed by atoms with van der Waals surface area (Å²) >= 11 is 6.16. The number of halogens is 1. The van der Waals surface area contributed by atoms with Crippen molar-refractivity contribution in [3.8, 4) is 11.5 Å². The maximum atomic E-state index is 9.93. The lowest BCUT2D eigenvalue weighted by molar-refractivity contribution is 0.132. The third kappa shape index (κ3) is 4.81. The Balaban J connectivity index is 1.70. The first kappa shape index (κ1) is 18.8. The first-order valence-electron chi connectivity index (χ1n) is 9.49. The molecule has 140 valence electrons. The van der Waals surface area contributed by atoms with Gasteiger partial charge in [-0.05, 0) is 61.9 Å². The Morgan fingerprint density at radius 3 is 2.68 bits per heavy atom. The number of hydrogen-bond acceptors (Lipinski definition) is 4. The second-order valence-corrected chi connectivity index (χ2v) is 8.37. The van der Waals surface area contributed by atoms with Gasteiger partial charge in [-0.2, -0.15) is 0 Å². The van der Waals surface area contributed by atoms with Gasteiger partial charge in [0.2, 0.25) is 0 Å². The van der Waals surface area contributed by atoms with E-state index in [1.54, 1.807) is 7.11 Å². The fraction of sp³-hybridized carbons (Fsp3) is 0.700. The first-order chi connectivity index (χ1) is 12.0. The third-order valence-electron chi connectivity index (χ3n) is 5.51. The molecule has 2 fully saturated rings. The largest absolute Gasteiger partial charge is 0.503 e. The number of methoxy groups -OCH3 is 1. The van der Waals surface area contributed by atoms with Gasteiger partial charge in [-0.1, -0.05) is 25.4 Å². The Morgan fingerprint density at radius 2 is 2.04 bits per heavy atom. The van der Waals surface area contributed by atoms with E-state index in [-0.39, 0.29) is 5.75 Å². The summed E-state index contributed by atoms with van der Waals surface area (Å²) in [6, 6.07) is 4.37. The normalized spacial score (nSPS) is 23.0. The number of benzene rings is 1. The van der Waals surface area contributed by atoms with Crippen LogP contribution in [0, 0.1) is 11.8 Å². The predicted molar refractivity (Wildman–Crippen MR) is 102 cm³/mol. The average molecular weight is 367 g/mol. The van der Waals surface area contributed by atoms with Gasteiger partial charge in [0.1, 0.15) is 0 Å². The molecule has 0 radical (unpaired) electrons. The van der Waals surface area contributed by atoms with Gasteiger partial charge in [-0.25, -0.2) is 0 Å². The topological polar surface area (TPSA) is 35.9 Å². The maximum absolute atomic E-state index is 9.93. The molecule has 3 rings (SSSR count). The molecule has 1 aromatic carbocycles. The lowest BCUT2D eigenvalue weighted by Gasteiger charge is -2.34. The lowest BCUT2D eigenvalue weighted by Crippen LogP contribution is -2.45. The van der Waals surface area contributed by atoms with Crippen LogP contribution >= 0.6 is 11.6 Å². The van der Waals surface area contributed by atoms with Crippen molar-refractivity contribution >= 4 is 11.6 Å². The van der Waals surface area contributed by atoms with Gasteiger partial charge in [-0.15, -0.1) is 0 Å². The van der Waals surface area contributed by atoms with Crippen LogP contribution < -0.4 is 4.74 Å². The molecule has 1 atom stereocenters. The Hall–Kier alpha value is -0.970. The van der Waals surface area contributed by atoms with Crippen molar-refractivity contribution in [2.24, 2.45) is 11.8 Å². The second-order valence-electron chi connectivity index (χ2n) is 7.97. The van der Waals surface area contributed by atoms with Gasteiger partial charge in [0, 0.05) is 25.7 Å². The number of aromatic hydroxyl groups is 1. The van der Waals surface area contributed by atoms with E-state index in [4.69, 9.17) is 16.3 Å². The van der Waals surface area contributed by atoms with Crippen LogP contribution in [0.3, 0.4) is 0 Å². The Morgan fingerprint density at radius 1 is 1.28 bits per heavy atom. The van der Waals surface area contributed by atoms with Crippen molar-refractivity contribution in [2.45, 2.75) is 45.7 Å². The summed E-state index contributed by atoms with van der Waals surface area (Å²) in [5.74, 6) is 2.07. The Labute approximate surface area is 156 Å². The summed E-state index contributed by atoms with van der Waals surface area (Å²) in [5.41, 5.74) is 1.10. The molecule has 1 saturated carbocycles. The molecule has 1 aliphatic heterocycles. The molecule has 2 aliphatic rings. The number of ether oxygens (including phenoxy) is 1. The van der Waals surface area contributed by atoms with Crippen LogP contribution in [0.1, 0.15) is 38.7 Å². The number of hydrogen-bond donors (Lipinski definition) is 1. The van der Waals surface area contributed by atoms with E-state index in [1.807, 2.05) is 12.1 Å². The van der Waals surface area contributed by atoms with E-state index in [2.05, 4.69) is 23.6 Å². The molecule has 1 heterocycles. The zero-order valence-corrected chi connectivity index (χ0v) is 16.4. The first-order valence-corrected chi connectivity index (χ1v) is 9.87. The van der Waals surface area contributed by atoms with Gasteiger partial charge in [-0.3, -0.25) is 9.80 Å². The lowest BCUT2D eigenvalue weighted by atomic mass is 10.0. The van der Waals surface area contributed by atoms with Gasteiger partial charge in [0.05, 0.1) is 12.1 Å². The summed E-state index contributed by atoms with van der Waals surface area (Å²) in [7, 11) is 1.56. The van der Waals surface area contributed by atoms with Crippen LogP contribution in [0.25, 0.3) is 0 Å². The Bertz CT molecular complexity index is 589. The van der Waals surface area contributed by atoms with Crippen molar-refractivity contribution in [3.05, 3.63) is 22.7 Å². The summed E-state index contributed by atoms with van der Waals surface area (Å²) < 4.78 is 5.25. The van der Waals surface area contributed by atoms with Crippen molar-refractivity contribution in [1.82, 2.24) is 9.80 Å². The van der Waals surface area contributed by atoms with Crippen LogP contribution in [0.15, 0.2) is 12.1 Å². The number of phenols is 1. The molecule has 5 heteroatoms. The van der Waals surface area contributed by atoms with E-state index >= 15 is 0 Å². The van der Waals surface area contributed by atoms with E-state index in [9.17, 15) is 5.11 Å². The molecular formula is C20H31ClN2O2. The molecule has 1 aromatic rings. The van der Waals surface area contributed by atoms with Crippen molar-refractivity contribution < 1.29 is 9.84 Å². The minimum Gasteiger partial charge on any atom is -0.503 e. The molecule has 1 saturated heterocycles. The molecule has 0 spiro atoms. The molecule has 0 amide bonds. The van der Waals surface area contributed by atoms with Crippen LogP contribution in [-0.2, 0) is 6.54 Å². The van der Waals surface area contributed by atoms with E-state index < -0.39 is 0 Å². The number of phenolic OH excluding ortho intramolecular Hbond substituents is 1. The number of nitrogens with zero attached hydrogens (tertiary/aromatic N) is 2. The molecule has 0 aromatic heterocycles. The fourth-order valence-electron chi connectivity index (χ4n) is 3.90. The Kier molecular flexibility index (Phi) is 6.13. The molecule has 4 nitrogen and oxygen atoms in total. The minimum atomic E-state index is 0.0273. The molecular weight excluding hydrogens is 336 g/mol. The highest BCUT2D eigenvalue weighted by molar-refractivity contribution is 6.32. The monoisotopic (exact) mass is 366 g/mol.